The first-order valence-electron chi connectivity index (χ1n) is 5.48. The molecule has 16 heavy (non-hydrogen) atoms. The Morgan fingerprint density at radius 3 is 2.25 bits per heavy atom. The minimum Gasteiger partial charge on any atom is -0.496 e. The number of aryl methyl sites for hydroxylation is 1. The van der Waals surface area contributed by atoms with E-state index in [4.69, 9.17) is 10.5 Å². The molecular weight excluding hydrogens is 202 g/mol. The Labute approximate surface area is 97.2 Å². The summed E-state index contributed by atoms with van der Waals surface area (Å²) in [6.45, 7) is 7.76. The number of nitrogens with two attached hydrogens (primary N) is 1. The second-order valence-electron chi connectivity index (χ2n) is 4.37. The highest BCUT2D eigenvalue weighted by atomic mass is 16.5. The van der Waals surface area contributed by atoms with Gasteiger partial charge in [0.1, 0.15) is 5.75 Å². The fourth-order valence-electron chi connectivity index (χ4n) is 1.99. The predicted octanol–water partition coefficient (Wildman–Crippen LogP) is 2.00. The Morgan fingerprint density at radius 1 is 1.25 bits per heavy atom. The van der Waals surface area contributed by atoms with E-state index in [-0.39, 0.29) is 6.04 Å². The van der Waals surface area contributed by atoms with Gasteiger partial charge in [0.25, 0.3) is 0 Å². The fourth-order valence-corrected chi connectivity index (χ4v) is 1.99. The van der Waals surface area contributed by atoms with E-state index in [1.54, 1.807) is 14.0 Å². The van der Waals surface area contributed by atoms with Crippen LogP contribution in [-0.2, 0) is 0 Å². The molecule has 0 radical (unpaired) electrons. The molecule has 3 nitrogen and oxygen atoms in total. The van der Waals surface area contributed by atoms with Crippen molar-refractivity contribution in [3.63, 3.8) is 0 Å². The normalized spacial score (nSPS) is 14.7. The monoisotopic (exact) mass is 223 g/mol. The number of rotatable bonds is 3. The van der Waals surface area contributed by atoms with E-state index < -0.39 is 6.10 Å². The summed E-state index contributed by atoms with van der Waals surface area (Å²) in [7, 11) is 1.66. The van der Waals surface area contributed by atoms with Gasteiger partial charge in [-0.05, 0) is 56.0 Å². The topological polar surface area (TPSA) is 55.5 Å². The third-order valence-electron chi connectivity index (χ3n) is 3.09. The molecule has 0 aliphatic heterocycles. The quantitative estimate of drug-likeness (QED) is 0.824. The third kappa shape index (κ3) is 2.20. The molecule has 90 valence electrons. The van der Waals surface area contributed by atoms with Crippen molar-refractivity contribution in [1.29, 1.82) is 0 Å². The molecule has 1 aromatic carbocycles. The number of methoxy groups -OCH3 is 1. The third-order valence-corrected chi connectivity index (χ3v) is 3.09. The summed E-state index contributed by atoms with van der Waals surface area (Å²) in [5.74, 6) is 0.887. The molecule has 3 heteroatoms. The Balaban J connectivity index is 3.34. The first-order valence-corrected chi connectivity index (χ1v) is 5.48. The lowest BCUT2D eigenvalue weighted by Crippen LogP contribution is -2.25. The van der Waals surface area contributed by atoms with E-state index in [1.807, 2.05) is 26.8 Å². The van der Waals surface area contributed by atoms with Crippen LogP contribution in [0.1, 0.15) is 35.3 Å². The minimum atomic E-state index is -0.622. The van der Waals surface area contributed by atoms with Crippen LogP contribution in [0.15, 0.2) is 6.07 Å². The van der Waals surface area contributed by atoms with Crippen molar-refractivity contribution in [2.75, 3.05) is 7.11 Å². The number of hydrogen-bond acceptors (Lipinski definition) is 3. The van der Waals surface area contributed by atoms with Crippen molar-refractivity contribution in [3.8, 4) is 5.75 Å². The van der Waals surface area contributed by atoms with Gasteiger partial charge in [-0.25, -0.2) is 0 Å². The molecule has 2 unspecified atom stereocenters. The highest BCUT2D eigenvalue weighted by molar-refractivity contribution is 5.49. The number of aliphatic hydroxyl groups is 1. The lowest BCUT2D eigenvalue weighted by Gasteiger charge is -2.21. The first kappa shape index (κ1) is 13.0. The zero-order chi connectivity index (χ0) is 12.5. The maximum atomic E-state index is 10.0. The van der Waals surface area contributed by atoms with Crippen LogP contribution in [0, 0.1) is 20.8 Å². The van der Waals surface area contributed by atoms with E-state index in [2.05, 4.69) is 0 Å². The van der Waals surface area contributed by atoms with Crippen LogP contribution in [0.3, 0.4) is 0 Å². The highest BCUT2D eigenvalue weighted by Gasteiger charge is 2.18. The zero-order valence-electron chi connectivity index (χ0n) is 10.7. The van der Waals surface area contributed by atoms with E-state index in [1.165, 1.54) is 0 Å². The molecule has 0 heterocycles. The van der Waals surface area contributed by atoms with Gasteiger partial charge in [-0.3, -0.25) is 0 Å². The average Bonchev–Trinajstić information content (AvgIpc) is 2.23. The van der Waals surface area contributed by atoms with Crippen molar-refractivity contribution in [3.05, 3.63) is 28.3 Å². The molecule has 0 aliphatic rings. The highest BCUT2D eigenvalue weighted by Crippen LogP contribution is 2.32. The van der Waals surface area contributed by atoms with Crippen LogP contribution in [0.2, 0.25) is 0 Å². The summed E-state index contributed by atoms with van der Waals surface area (Å²) in [5, 5.41) is 10.0. The number of hydrogen-bond donors (Lipinski definition) is 2. The Bertz CT molecular complexity index is 386. The van der Waals surface area contributed by atoms with Crippen molar-refractivity contribution in [2.45, 2.75) is 39.8 Å². The van der Waals surface area contributed by atoms with Gasteiger partial charge >= 0.3 is 0 Å². The Kier molecular flexibility index (Phi) is 3.94. The molecule has 0 amide bonds. The van der Waals surface area contributed by atoms with E-state index >= 15 is 0 Å². The summed E-state index contributed by atoms with van der Waals surface area (Å²) >= 11 is 0. The molecule has 0 saturated carbocycles. The summed E-state index contributed by atoms with van der Waals surface area (Å²) < 4.78 is 5.34. The van der Waals surface area contributed by atoms with Gasteiger partial charge in [0, 0.05) is 6.04 Å². The minimum absolute atomic E-state index is 0.272. The van der Waals surface area contributed by atoms with Gasteiger partial charge in [0.2, 0.25) is 0 Å². The molecule has 0 aromatic heterocycles. The van der Waals surface area contributed by atoms with Gasteiger partial charge in [0.05, 0.1) is 13.2 Å². The molecule has 1 aromatic rings. The molecule has 0 bridgehead atoms. The van der Waals surface area contributed by atoms with Crippen molar-refractivity contribution < 1.29 is 9.84 Å². The molecule has 1 rings (SSSR count). The maximum Gasteiger partial charge on any atom is 0.124 e. The van der Waals surface area contributed by atoms with Gasteiger partial charge in [-0.1, -0.05) is 0 Å². The predicted molar refractivity (Wildman–Crippen MR) is 65.8 cm³/mol. The number of ether oxygens (including phenoxy) is 1. The molecule has 2 atom stereocenters. The summed E-state index contributed by atoms with van der Waals surface area (Å²) in [4.78, 5) is 0. The van der Waals surface area contributed by atoms with Gasteiger partial charge in [-0.2, -0.15) is 0 Å². The first-order chi connectivity index (χ1) is 7.40. The van der Waals surface area contributed by atoms with Crippen molar-refractivity contribution in [1.82, 2.24) is 0 Å². The molecule has 0 fully saturated rings. The van der Waals surface area contributed by atoms with Gasteiger partial charge in [-0.15, -0.1) is 0 Å². The fraction of sp³-hybridized carbons (Fsp3) is 0.538. The Hall–Kier alpha value is -1.06. The van der Waals surface area contributed by atoms with E-state index in [0.717, 1.165) is 28.0 Å². The van der Waals surface area contributed by atoms with E-state index in [9.17, 15) is 5.11 Å². The number of aliphatic hydroxyl groups excluding tert-OH is 1. The zero-order valence-corrected chi connectivity index (χ0v) is 10.7. The summed E-state index contributed by atoms with van der Waals surface area (Å²) in [5.41, 5.74) is 9.76. The summed E-state index contributed by atoms with van der Waals surface area (Å²) in [6, 6.07) is 1.68. The standard InChI is InChI=1S/C13H21NO2/c1-7-6-11(12(15)10(4)14)8(2)9(3)13(7)16-5/h6,10,12,15H,14H2,1-5H3. The van der Waals surface area contributed by atoms with Crippen LogP contribution in [0.25, 0.3) is 0 Å². The van der Waals surface area contributed by atoms with Crippen LogP contribution in [0.4, 0.5) is 0 Å². The largest absolute Gasteiger partial charge is 0.496 e. The van der Waals surface area contributed by atoms with E-state index in [0.29, 0.717) is 0 Å². The maximum absolute atomic E-state index is 10.0. The lowest BCUT2D eigenvalue weighted by molar-refractivity contribution is 0.152. The van der Waals surface area contributed by atoms with Crippen LogP contribution in [-0.4, -0.2) is 18.3 Å². The SMILES string of the molecule is COc1c(C)cc(C(O)C(C)N)c(C)c1C. The second kappa shape index (κ2) is 4.85. The van der Waals surface area contributed by atoms with Crippen LogP contribution < -0.4 is 10.5 Å². The average molecular weight is 223 g/mol. The van der Waals surface area contributed by atoms with Gasteiger partial charge < -0.3 is 15.6 Å². The van der Waals surface area contributed by atoms with Crippen LogP contribution >= 0.6 is 0 Å². The van der Waals surface area contributed by atoms with Crippen molar-refractivity contribution in [2.24, 2.45) is 5.73 Å². The molecule has 0 aliphatic carbocycles. The van der Waals surface area contributed by atoms with Gasteiger partial charge in [0.15, 0.2) is 0 Å². The van der Waals surface area contributed by atoms with Crippen LogP contribution in [0.5, 0.6) is 5.75 Å². The lowest BCUT2D eigenvalue weighted by atomic mass is 9.93. The van der Waals surface area contributed by atoms with Crippen molar-refractivity contribution >= 4 is 0 Å². The molecule has 3 N–H and O–H groups in total. The second-order valence-corrected chi connectivity index (χ2v) is 4.37. The Morgan fingerprint density at radius 2 is 1.81 bits per heavy atom. The number of benzene rings is 1. The summed E-state index contributed by atoms with van der Waals surface area (Å²) in [6.07, 6.45) is -0.622. The molecule has 0 saturated heterocycles. The smallest absolute Gasteiger partial charge is 0.124 e. The molecule has 0 spiro atoms. The molecular formula is C13H21NO2.